The van der Waals surface area contributed by atoms with Crippen LogP contribution in [0, 0.1) is 0 Å². The maximum atomic E-state index is 5.84. The summed E-state index contributed by atoms with van der Waals surface area (Å²) < 4.78 is 27.8. The topological polar surface area (TPSA) is 46.2 Å². The number of ether oxygens (including phenoxy) is 5. The first kappa shape index (κ1) is 17.3. The lowest BCUT2D eigenvalue weighted by Crippen LogP contribution is -2.00. The SMILES string of the molecule is COc1cc(OC)cc(OCc2cc(OC)c(OC)cc2Br)c1. The Morgan fingerprint density at radius 2 is 1.22 bits per heavy atom. The average Bonchev–Trinajstić information content (AvgIpc) is 2.59. The Hall–Kier alpha value is -2.08. The van der Waals surface area contributed by atoms with Gasteiger partial charge in [-0.2, -0.15) is 0 Å². The second-order valence-corrected chi connectivity index (χ2v) is 5.49. The molecule has 0 aliphatic rings. The highest BCUT2D eigenvalue weighted by Crippen LogP contribution is 2.34. The molecule has 0 saturated carbocycles. The summed E-state index contributed by atoms with van der Waals surface area (Å²) >= 11 is 3.52. The van der Waals surface area contributed by atoms with E-state index >= 15 is 0 Å². The van der Waals surface area contributed by atoms with Gasteiger partial charge in [-0.1, -0.05) is 15.9 Å². The fourth-order valence-corrected chi connectivity index (χ4v) is 2.47. The number of halogens is 1. The predicted molar refractivity (Wildman–Crippen MR) is 91.1 cm³/mol. The molecule has 0 radical (unpaired) electrons. The molecular weight excluding hydrogens is 364 g/mol. The second-order valence-electron chi connectivity index (χ2n) is 4.64. The first-order valence-electron chi connectivity index (χ1n) is 6.87. The van der Waals surface area contributed by atoms with E-state index in [1.165, 1.54) is 0 Å². The molecule has 0 atom stereocenters. The number of hydrogen-bond acceptors (Lipinski definition) is 5. The largest absolute Gasteiger partial charge is 0.496 e. The first-order valence-corrected chi connectivity index (χ1v) is 7.66. The quantitative estimate of drug-likeness (QED) is 0.722. The Balaban J connectivity index is 2.20. The lowest BCUT2D eigenvalue weighted by molar-refractivity contribution is 0.297. The number of hydrogen-bond donors (Lipinski definition) is 0. The van der Waals surface area contributed by atoms with Crippen molar-refractivity contribution >= 4 is 15.9 Å². The average molecular weight is 383 g/mol. The van der Waals surface area contributed by atoms with Crippen molar-refractivity contribution in [2.24, 2.45) is 0 Å². The monoisotopic (exact) mass is 382 g/mol. The highest BCUT2D eigenvalue weighted by molar-refractivity contribution is 9.10. The fourth-order valence-electron chi connectivity index (χ4n) is 2.03. The zero-order valence-electron chi connectivity index (χ0n) is 13.5. The third kappa shape index (κ3) is 4.22. The van der Waals surface area contributed by atoms with Crippen molar-refractivity contribution in [3.8, 4) is 28.7 Å². The third-order valence-corrected chi connectivity index (χ3v) is 4.01. The Morgan fingerprint density at radius 3 is 1.74 bits per heavy atom. The summed E-state index contributed by atoms with van der Waals surface area (Å²) in [6.07, 6.45) is 0. The van der Waals surface area contributed by atoms with Crippen LogP contribution in [0.3, 0.4) is 0 Å². The van der Waals surface area contributed by atoms with E-state index < -0.39 is 0 Å². The second kappa shape index (κ2) is 7.97. The standard InChI is InChI=1S/C17H19BrO5/c1-19-12-6-13(20-2)8-14(7-12)23-10-11-5-16(21-3)17(22-4)9-15(11)18/h5-9H,10H2,1-4H3. The van der Waals surface area contributed by atoms with E-state index in [0.717, 1.165) is 10.0 Å². The van der Waals surface area contributed by atoms with Crippen molar-refractivity contribution in [1.82, 2.24) is 0 Å². The number of benzene rings is 2. The molecule has 0 heterocycles. The predicted octanol–water partition coefficient (Wildman–Crippen LogP) is 4.06. The zero-order valence-corrected chi connectivity index (χ0v) is 15.1. The van der Waals surface area contributed by atoms with Gasteiger partial charge in [-0.3, -0.25) is 0 Å². The van der Waals surface area contributed by atoms with E-state index in [-0.39, 0.29) is 0 Å². The molecule has 0 aromatic heterocycles. The summed E-state index contributed by atoms with van der Waals surface area (Å²) in [5.74, 6) is 3.31. The Morgan fingerprint density at radius 1 is 0.696 bits per heavy atom. The van der Waals surface area contributed by atoms with Gasteiger partial charge in [0.15, 0.2) is 11.5 Å². The molecule has 2 rings (SSSR count). The van der Waals surface area contributed by atoms with E-state index in [4.69, 9.17) is 23.7 Å². The van der Waals surface area contributed by atoms with Crippen molar-refractivity contribution in [2.75, 3.05) is 28.4 Å². The summed E-state index contributed by atoms with van der Waals surface area (Å²) in [6, 6.07) is 9.12. The van der Waals surface area contributed by atoms with Crippen LogP contribution >= 0.6 is 15.9 Å². The molecule has 0 fully saturated rings. The van der Waals surface area contributed by atoms with E-state index in [1.54, 1.807) is 46.6 Å². The molecule has 2 aromatic rings. The van der Waals surface area contributed by atoms with Crippen molar-refractivity contribution in [1.29, 1.82) is 0 Å². The molecule has 0 amide bonds. The van der Waals surface area contributed by atoms with Crippen LogP contribution in [-0.4, -0.2) is 28.4 Å². The maximum Gasteiger partial charge on any atom is 0.161 e. The first-order chi connectivity index (χ1) is 11.1. The van der Waals surface area contributed by atoms with Crippen LogP contribution in [0.15, 0.2) is 34.8 Å². The number of rotatable bonds is 7. The Kier molecular flexibility index (Phi) is 5.98. The summed E-state index contributed by atoms with van der Waals surface area (Å²) in [7, 11) is 6.40. The summed E-state index contributed by atoms with van der Waals surface area (Å²) in [4.78, 5) is 0. The summed E-state index contributed by atoms with van der Waals surface area (Å²) in [6.45, 7) is 0.358. The van der Waals surface area contributed by atoms with Crippen LogP contribution in [0.1, 0.15) is 5.56 Å². The normalized spacial score (nSPS) is 10.1. The van der Waals surface area contributed by atoms with E-state index in [2.05, 4.69) is 15.9 Å². The molecule has 0 aliphatic heterocycles. The van der Waals surface area contributed by atoms with Crippen LogP contribution < -0.4 is 23.7 Å². The van der Waals surface area contributed by atoms with Gasteiger partial charge in [0.05, 0.1) is 28.4 Å². The highest BCUT2D eigenvalue weighted by atomic mass is 79.9. The Bertz CT molecular complexity index is 650. The van der Waals surface area contributed by atoms with Crippen LogP contribution in [0.2, 0.25) is 0 Å². The van der Waals surface area contributed by atoms with Crippen molar-refractivity contribution < 1.29 is 23.7 Å². The van der Waals surface area contributed by atoms with Gasteiger partial charge in [-0.15, -0.1) is 0 Å². The maximum absolute atomic E-state index is 5.84. The van der Waals surface area contributed by atoms with Gasteiger partial charge in [0.2, 0.25) is 0 Å². The molecule has 0 unspecified atom stereocenters. The van der Waals surface area contributed by atoms with Crippen molar-refractivity contribution in [3.05, 3.63) is 40.4 Å². The molecule has 0 saturated heterocycles. The summed E-state index contributed by atoms with van der Waals surface area (Å²) in [5, 5.41) is 0. The van der Waals surface area contributed by atoms with Gasteiger partial charge in [0.1, 0.15) is 23.9 Å². The van der Waals surface area contributed by atoms with Gasteiger partial charge in [-0.05, 0) is 12.1 Å². The minimum Gasteiger partial charge on any atom is -0.496 e. The van der Waals surface area contributed by atoms with E-state index in [9.17, 15) is 0 Å². The minimum absolute atomic E-state index is 0.358. The van der Waals surface area contributed by atoms with Crippen LogP contribution in [-0.2, 0) is 6.61 Å². The van der Waals surface area contributed by atoms with Gasteiger partial charge < -0.3 is 23.7 Å². The molecule has 6 heteroatoms. The lowest BCUT2D eigenvalue weighted by atomic mass is 10.2. The number of methoxy groups -OCH3 is 4. The van der Waals surface area contributed by atoms with Gasteiger partial charge in [0, 0.05) is 28.2 Å². The zero-order chi connectivity index (χ0) is 16.8. The molecular formula is C17H19BrO5. The highest BCUT2D eigenvalue weighted by Gasteiger charge is 2.11. The third-order valence-electron chi connectivity index (χ3n) is 3.27. The van der Waals surface area contributed by atoms with Gasteiger partial charge in [-0.25, -0.2) is 0 Å². The molecule has 2 aromatic carbocycles. The molecule has 5 nitrogen and oxygen atoms in total. The van der Waals surface area contributed by atoms with Crippen molar-refractivity contribution in [2.45, 2.75) is 6.61 Å². The van der Waals surface area contributed by atoms with Gasteiger partial charge in [0.25, 0.3) is 0 Å². The molecule has 0 spiro atoms. The molecule has 0 aliphatic carbocycles. The smallest absolute Gasteiger partial charge is 0.161 e. The lowest BCUT2D eigenvalue weighted by Gasteiger charge is -2.14. The molecule has 0 N–H and O–H groups in total. The molecule has 23 heavy (non-hydrogen) atoms. The van der Waals surface area contributed by atoms with E-state index in [1.807, 2.05) is 12.1 Å². The summed E-state index contributed by atoms with van der Waals surface area (Å²) in [5.41, 5.74) is 0.935. The fraction of sp³-hybridized carbons (Fsp3) is 0.294. The van der Waals surface area contributed by atoms with Gasteiger partial charge >= 0.3 is 0 Å². The van der Waals surface area contributed by atoms with Crippen LogP contribution in [0.5, 0.6) is 28.7 Å². The van der Waals surface area contributed by atoms with E-state index in [0.29, 0.717) is 35.4 Å². The van der Waals surface area contributed by atoms with Crippen molar-refractivity contribution in [3.63, 3.8) is 0 Å². The Labute approximate surface area is 144 Å². The van der Waals surface area contributed by atoms with Crippen LogP contribution in [0.4, 0.5) is 0 Å². The molecule has 124 valence electrons. The van der Waals surface area contributed by atoms with Crippen LogP contribution in [0.25, 0.3) is 0 Å². The minimum atomic E-state index is 0.358. The molecule has 0 bridgehead atoms.